The van der Waals surface area contributed by atoms with Crippen LogP contribution < -0.4 is 14.5 Å². The normalized spacial score (nSPS) is 17.9. The molecule has 1 aromatic carbocycles. The number of hydrogen-bond donors (Lipinski definition) is 0. The van der Waals surface area contributed by atoms with E-state index in [0.717, 1.165) is 30.0 Å². The predicted octanol–water partition coefficient (Wildman–Crippen LogP) is 2.78. The molecule has 36 heavy (non-hydrogen) atoms. The van der Waals surface area contributed by atoms with Crippen molar-refractivity contribution in [3.8, 4) is 17.0 Å². The van der Waals surface area contributed by atoms with E-state index < -0.39 is 11.9 Å². The molecule has 184 valence electrons. The van der Waals surface area contributed by atoms with Crippen LogP contribution in [0.2, 0.25) is 0 Å². The van der Waals surface area contributed by atoms with Crippen LogP contribution in [-0.2, 0) is 16.1 Å². The minimum atomic E-state index is -0.798. The monoisotopic (exact) mass is 489 g/mol. The molecule has 1 atom stereocenters. The number of nitrogens with zero attached hydrogens (tertiary/aromatic N) is 7. The number of morpholine rings is 1. The standard InChI is InChI=1S/C25H24FN7O3/c1-15-21(14-33-20-5-3-4-18(26)23(20)36-16(2)24(33)34)32-13-19(27-12-22(32)30-15)17-10-28-25(29-11-17)31-6-8-35-9-7-31/h3-5,10-13,16H,6-9,14H2,1-2H3/t16-/m1/s1. The Morgan fingerprint density at radius 3 is 2.67 bits per heavy atom. The minimum absolute atomic E-state index is 0.0796. The number of carbonyl (C=O) groups excluding carboxylic acids is 1. The minimum Gasteiger partial charge on any atom is -0.476 e. The van der Waals surface area contributed by atoms with Crippen molar-refractivity contribution in [1.82, 2.24) is 24.3 Å². The molecule has 5 heterocycles. The van der Waals surface area contributed by atoms with Crippen LogP contribution in [0.1, 0.15) is 18.3 Å². The smallest absolute Gasteiger partial charge is 0.268 e. The number of halogens is 1. The summed E-state index contributed by atoms with van der Waals surface area (Å²) in [5, 5.41) is 0. The van der Waals surface area contributed by atoms with Gasteiger partial charge in [0.2, 0.25) is 5.95 Å². The molecule has 1 saturated heterocycles. The van der Waals surface area contributed by atoms with Gasteiger partial charge >= 0.3 is 0 Å². The van der Waals surface area contributed by atoms with Crippen molar-refractivity contribution in [3.63, 3.8) is 0 Å². The number of carbonyl (C=O) groups is 1. The molecule has 10 nitrogen and oxygen atoms in total. The molecular formula is C25H24FN7O3. The third-order valence-corrected chi connectivity index (χ3v) is 6.49. The Hall–Kier alpha value is -4.12. The molecule has 0 unspecified atom stereocenters. The van der Waals surface area contributed by atoms with Gasteiger partial charge < -0.3 is 14.4 Å². The van der Waals surface area contributed by atoms with Crippen LogP contribution in [0.4, 0.5) is 16.0 Å². The summed E-state index contributed by atoms with van der Waals surface area (Å²) in [6.45, 7) is 6.53. The summed E-state index contributed by atoms with van der Waals surface area (Å²) in [5.74, 6) is -0.00775. The number of para-hydroxylation sites is 1. The van der Waals surface area contributed by atoms with Crippen molar-refractivity contribution in [2.45, 2.75) is 26.5 Å². The Labute approximate surface area is 206 Å². The van der Waals surface area contributed by atoms with Gasteiger partial charge in [-0.25, -0.2) is 19.3 Å². The molecule has 0 spiro atoms. The Morgan fingerprint density at radius 1 is 1.11 bits per heavy atom. The molecule has 11 heteroatoms. The van der Waals surface area contributed by atoms with Gasteiger partial charge in [0.05, 0.1) is 48.7 Å². The van der Waals surface area contributed by atoms with Gasteiger partial charge in [0, 0.05) is 37.2 Å². The first-order valence-electron chi connectivity index (χ1n) is 11.7. The summed E-state index contributed by atoms with van der Waals surface area (Å²) in [6, 6.07) is 4.57. The number of benzene rings is 1. The number of rotatable bonds is 4. The van der Waals surface area contributed by atoms with Crippen molar-refractivity contribution in [3.05, 3.63) is 60.2 Å². The number of fused-ring (bicyclic) bond motifs is 2. The lowest BCUT2D eigenvalue weighted by atomic mass is 10.1. The maximum atomic E-state index is 14.4. The summed E-state index contributed by atoms with van der Waals surface area (Å²) in [5.41, 5.74) is 4.01. The average molecular weight is 490 g/mol. The van der Waals surface area contributed by atoms with Crippen molar-refractivity contribution in [2.24, 2.45) is 0 Å². The second kappa shape index (κ2) is 8.83. The third kappa shape index (κ3) is 3.81. The number of hydrogen-bond acceptors (Lipinski definition) is 8. The summed E-state index contributed by atoms with van der Waals surface area (Å²) < 4.78 is 27.3. The predicted molar refractivity (Wildman–Crippen MR) is 129 cm³/mol. The van der Waals surface area contributed by atoms with Crippen LogP contribution in [0.25, 0.3) is 16.9 Å². The van der Waals surface area contributed by atoms with Crippen LogP contribution in [0.3, 0.4) is 0 Å². The highest BCUT2D eigenvalue weighted by Crippen LogP contribution is 2.37. The van der Waals surface area contributed by atoms with Crippen molar-refractivity contribution in [1.29, 1.82) is 0 Å². The fraction of sp³-hybridized carbons (Fsp3) is 0.320. The Morgan fingerprint density at radius 2 is 1.89 bits per heavy atom. The van der Waals surface area contributed by atoms with Crippen molar-refractivity contribution >= 4 is 23.2 Å². The first kappa shape index (κ1) is 22.4. The fourth-order valence-electron chi connectivity index (χ4n) is 4.55. The zero-order valence-electron chi connectivity index (χ0n) is 19.9. The molecule has 6 rings (SSSR count). The van der Waals surface area contributed by atoms with E-state index in [1.54, 1.807) is 42.5 Å². The second-order valence-electron chi connectivity index (χ2n) is 8.79. The maximum absolute atomic E-state index is 14.4. The quantitative estimate of drug-likeness (QED) is 0.432. The van der Waals surface area contributed by atoms with Crippen molar-refractivity contribution in [2.75, 3.05) is 36.1 Å². The van der Waals surface area contributed by atoms with Gasteiger partial charge in [-0.05, 0) is 26.0 Å². The maximum Gasteiger partial charge on any atom is 0.268 e. The summed E-state index contributed by atoms with van der Waals surface area (Å²) >= 11 is 0. The summed E-state index contributed by atoms with van der Waals surface area (Å²) in [7, 11) is 0. The van der Waals surface area contributed by atoms with E-state index in [-0.39, 0.29) is 18.2 Å². The molecule has 4 aromatic rings. The van der Waals surface area contributed by atoms with E-state index in [2.05, 4.69) is 24.8 Å². The zero-order valence-corrected chi connectivity index (χ0v) is 19.9. The topological polar surface area (TPSA) is 98.0 Å². The van der Waals surface area contributed by atoms with E-state index in [9.17, 15) is 9.18 Å². The van der Waals surface area contributed by atoms with Gasteiger partial charge in [0.15, 0.2) is 23.3 Å². The first-order valence-corrected chi connectivity index (χ1v) is 11.7. The third-order valence-electron chi connectivity index (χ3n) is 6.49. The number of amides is 1. The van der Waals surface area contributed by atoms with E-state index in [1.165, 1.54) is 6.07 Å². The van der Waals surface area contributed by atoms with Gasteiger partial charge in [-0.1, -0.05) is 6.07 Å². The van der Waals surface area contributed by atoms with Gasteiger partial charge in [-0.3, -0.25) is 19.1 Å². The average Bonchev–Trinajstić information content (AvgIpc) is 3.22. The number of ether oxygens (including phenoxy) is 2. The molecule has 0 bridgehead atoms. The Kier molecular flexibility index (Phi) is 5.48. The highest BCUT2D eigenvalue weighted by Gasteiger charge is 2.34. The first-order chi connectivity index (χ1) is 17.5. The SMILES string of the molecule is Cc1nc2cnc(-c3cnc(N4CCOCC4)nc3)cn2c1CN1C(=O)[C@@H](C)Oc2c(F)cccc21. The molecule has 2 aliphatic heterocycles. The Bertz CT molecular complexity index is 1450. The highest BCUT2D eigenvalue weighted by atomic mass is 19.1. The van der Waals surface area contributed by atoms with Crippen molar-refractivity contribution < 1.29 is 18.7 Å². The summed E-state index contributed by atoms with van der Waals surface area (Å²) in [6.07, 6.45) is 6.24. The molecule has 3 aromatic heterocycles. The second-order valence-corrected chi connectivity index (χ2v) is 8.79. The highest BCUT2D eigenvalue weighted by molar-refractivity contribution is 5.99. The van der Waals surface area contributed by atoms with Gasteiger partial charge in [-0.2, -0.15) is 0 Å². The van der Waals surface area contributed by atoms with E-state index in [4.69, 9.17) is 9.47 Å². The molecule has 0 radical (unpaired) electrons. The molecule has 0 N–H and O–H groups in total. The molecule has 1 amide bonds. The number of imidazole rings is 1. The van der Waals surface area contributed by atoms with Gasteiger partial charge in [0.25, 0.3) is 5.91 Å². The molecule has 1 fully saturated rings. The van der Waals surface area contributed by atoms with Crippen LogP contribution in [-0.4, -0.2) is 62.7 Å². The molecule has 2 aliphatic rings. The summed E-state index contributed by atoms with van der Waals surface area (Å²) in [4.78, 5) is 34.9. The molecule has 0 saturated carbocycles. The number of aryl methyl sites for hydroxylation is 1. The van der Waals surface area contributed by atoms with E-state index >= 15 is 0 Å². The lowest BCUT2D eigenvalue weighted by molar-refractivity contribution is -0.125. The van der Waals surface area contributed by atoms with Crippen LogP contribution in [0.5, 0.6) is 5.75 Å². The number of anilines is 2. The van der Waals surface area contributed by atoms with Crippen LogP contribution in [0.15, 0.2) is 43.0 Å². The molecule has 0 aliphatic carbocycles. The van der Waals surface area contributed by atoms with Crippen LogP contribution in [0, 0.1) is 12.7 Å². The zero-order chi connectivity index (χ0) is 24.8. The van der Waals surface area contributed by atoms with E-state index in [1.807, 2.05) is 17.5 Å². The van der Waals surface area contributed by atoms with Gasteiger partial charge in [0.1, 0.15) is 0 Å². The van der Waals surface area contributed by atoms with Gasteiger partial charge in [-0.15, -0.1) is 0 Å². The lowest BCUT2D eigenvalue weighted by Crippen LogP contribution is -2.44. The fourth-order valence-corrected chi connectivity index (χ4v) is 4.55. The van der Waals surface area contributed by atoms with Crippen LogP contribution >= 0.6 is 0 Å². The van der Waals surface area contributed by atoms with E-state index in [0.29, 0.717) is 36.2 Å². The Balaban J connectivity index is 1.35. The largest absolute Gasteiger partial charge is 0.476 e. The number of aromatic nitrogens is 5. The molecular weight excluding hydrogens is 465 g/mol. The lowest BCUT2D eigenvalue weighted by Gasteiger charge is -2.33.